The average Bonchev–Trinajstić information content (AvgIpc) is 2.35. The van der Waals surface area contributed by atoms with Gasteiger partial charge in [0.1, 0.15) is 12.7 Å². The molecular weight excluding hydrogens is 232 g/mol. The molecule has 0 fully saturated rings. The van der Waals surface area contributed by atoms with Gasteiger partial charge in [0.25, 0.3) is 0 Å². The van der Waals surface area contributed by atoms with Crippen molar-refractivity contribution < 1.29 is 19.7 Å². The summed E-state index contributed by atoms with van der Waals surface area (Å²) >= 11 is 5.60. The van der Waals surface area contributed by atoms with Gasteiger partial charge in [0.15, 0.2) is 0 Å². The number of alkyl halides is 1. The van der Waals surface area contributed by atoms with Crippen LogP contribution in [-0.4, -0.2) is 35.5 Å². The number of benzene rings is 1. The molecule has 16 heavy (non-hydrogen) atoms. The molecule has 0 heterocycles. The summed E-state index contributed by atoms with van der Waals surface area (Å²) in [5.41, 5.74) is 1.30. The zero-order valence-electron chi connectivity index (χ0n) is 8.60. The van der Waals surface area contributed by atoms with Gasteiger partial charge in [-0.05, 0) is 17.7 Å². The van der Waals surface area contributed by atoms with Crippen molar-refractivity contribution in [1.29, 1.82) is 0 Å². The van der Waals surface area contributed by atoms with Crippen LogP contribution >= 0.6 is 11.6 Å². The lowest BCUT2D eigenvalue weighted by atomic mass is 10.1. The lowest BCUT2D eigenvalue weighted by molar-refractivity contribution is 0.00933. The zero-order valence-corrected chi connectivity index (χ0v) is 9.35. The second-order valence-electron chi connectivity index (χ2n) is 3.27. The van der Waals surface area contributed by atoms with Gasteiger partial charge in [-0.15, -0.1) is 11.6 Å². The summed E-state index contributed by atoms with van der Waals surface area (Å²) in [6.07, 6.45) is -1.04. The van der Waals surface area contributed by atoms with Crippen LogP contribution in [0, 0.1) is 0 Å². The molecule has 4 nitrogen and oxygen atoms in total. The zero-order chi connectivity index (χ0) is 12.0. The predicted octanol–water partition coefficient (Wildman–Crippen LogP) is 0.935. The molecule has 0 bridgehead atoms. The normalized spacial score (nSPS) is 12.2. The Kier molecular flexibility index (Phi) is 5.25. The number of aliphatic hydroxyl groups is 2. The maximum atomic E-state index is 11.4. The van der Waals surface area contributed by atoms with E-state index in [9.17, 15) is 4.79 Å². The molecule has 0 amide bonds. The van der Waals surface area contributed by atoms with Crippen molar-refractivity contribution in [2.45, 2.75) is 12.0 Å². The molecule has 0 saturated carbocycles. The fourth-order valence-corrected chi connectivity index (χ4v) is 1.22. The molecule has 1 atom stereocenters. The number of carbonyl (C=O) groups is 1. The molecule has 1 aromatic rings. The third-order valence-corrected chi connectivity index (χ3v) is 2.27. The highest BCUT2D eigenvalue weighted by atomic mass is 35.5. The summed E-state index contributed by atoms with van der Waals surface area (Å²) in [6, 6.07) is 6.66. The summed E-state index contributed by atoms with van der Waals surface area (Å²) in [5.74, 6) is -0.146. The minimum absolute atomic E-state index is 0.216. The first-order valence-electron chi connectivity index (χ1n) is 4.78. The molecule has 0 radical (unpaired) electrons. The van der Waals surface area contributed by atoms with Crippen molar-refractivity contribution in [3.05, 3.63) is 35.4 Å². The van der Waals surface area contributed by atoms with Gasteiger partial charge >= 0.3 is 5.97 Å². The van der Waals surface area contributed by atoms with Crippen molar-refractivity contribution >= 4 is 17.6 Å². The van der Waals surface area contributed by atoms with Gasteiger partial charge < -0.3 is 14.9 Å². The van der Waals surface area contributed by atoms with Gasteiger partial charge in [-0.1, -0.05) is 12.1 Å². The van der Waals surface area contributed by atoms with Crippen molar-refractivity contribution in [2.75, 3.05) is 13.2 Å². The molecule has 0 aliphatic rings. The van der Waals surface area contributed by atoms with Crippen molar-refractivity contribution in [1.82, 2.24) is 0 Å². The SMILES string of the molecule is O=C(OCC(O)CO)c1ccc(CCl)cc1. The maximum Gasteiger partial charge on any atom is 0.338 e. The van der Waals surface area contributed by atoms with E-state index in [-0.39, 0.29) is 6.61 Å². The minimum atomic E-state index is -1.04. The molecule has 1 unspecified atom stereocenters. The Morgan fingerprint density at radius 2 is 2.00 bits per heavy atom. The number of esters is 1. The molecule has 0 aliphatic heterocycles. The van der Waals surface area contributed by atoms with Crippen molar-refractivity contribution in [3.63, 3.8) is 0 Å². The van der Waals surface area contributed by atoms with Crippen LogP contribution < -0.4 is 0 Å². The van der Waals surface area contributed by atoms with Crippen molar-refractivity contribution in [2.24, 2.45) is 0 Å². The first-order chi connectivity index (χ1) is 7.67. The lowest BCUT2D eigenvalue weighted by Gasteiger charge is -2.08. The Labute approximate surface area is 98.4 Å². The number of halogens is 1. The fourth-order valence-electron chi connectivity index (χ4n) is 1.04. The summed E-state index contributed by atoms with van der Waals surface area (Å²) in [5, 5.41) is 17.5. The minimum Gasteiger partial charge on any atom is -0.459 e. The fraction of sp³-hybridized carbons (Fsp3) is 0.364. The quantitative estimate of drug-likeness (QED) is 0.598. The predicted molar refractivity (Wildman–Crippen MR) is 59.4 cm³/mol. The maximum absolute atomic E-state index is 11.4. The van der Waals surface area contributed by atoms with Gasteiger partial charge in [-0.3, -0.25) is 0 Å². The van der Waals surface area contributed by atoms with Crippen LogP contribution in [0.2, 0.25) is 0 Å². The van der Waals surface area contributed by atoms with E-state index < -0.39 is 18.7 Å². The molecule has 1 aromatic carbocycles. The Hall–Kier alpha value is -1.10. The van der Waals surface area contributed by atoms with Gasteiger partial charge in [0, 0.05) is 5.88 Å². The van der Waals surface area contributed by atoms with E-state index in [1.807, 2.05) is 0 Å². The van der Waals surface area contributed by atoms with Crippen LogP contribution in [0.3, 0.4) is 0 Å². The number of hydrogen-bond acceptors (Lipinski definition) is 4. The van der Waals surface area contributed by atoms with E-state index in [1.54, 1.807) is 24.3 Å². The van der Waals surface area contributed by atoms with E-state index in [4.69, 9.17) is 26.6 Å². The Morgan fingerprint density at radius 3 is 2.50 bits per heavy atom. The average molecular weight is 245 g/mol. The third kappa shape index (κ3) is 3.81. The van der Waals surface area contributed by atoms with Crippen LogP contribution in [-0.2, 0) is 10.6 Å². The van der Waals surface area contributed by atoms with Crippen LogP contribution in [0.5, 0.6) is 0 Å². The molecule has 88 valence electrons. The standard InChI is InChI=1S/C11H13ClO4/c12-5-8-1-3-9(4-2-8)11(15)16-7-10(14)6-13/h1-4,10,13-14H,5-7H2. The molecule has 0 saturated heterocycles. The van der Waals surface area contributed by atoms with Crippen LogP contribution in [0.15, 0.2) is 24.3 Å². The summed E-state index contributed by atoms with van der Waals surface area (Å²) in [7, 11) is 0. The van der Waals surface area contributed by atoms with Gasteiger partial charge in [0.2, 0.25) is 0 Å². The molecule has 0 aromatic heterocycles. The highest BCUT2D eigenvalue weighted by Gasteiger charge is 2.09. The Balaban J connectivity index is 2.52. The lowest BCUT2D eigenvalue weighted by Crippen LogP contribution is -2.21. The Morgan fingerprint density at radius 1 is 1.38 bits per heavy atom. The summed E-state index contributed by atoms with van der Waals surface area (Å²) in [6.45, 7) is -0.648. The van der Waals surface area contributed by atoms with Crippen LogP contribution in [0.25, 0.3) is 0 Å². The molecular formula is C11H13ClO4. The van der Waals surface area contributed by atoms with Gasteiger partial charge in [-0.2, -0.15) is 0 Å². The van der Waals surface area contributed by atoms with Crippen molar-refractivity contribution in [3.8, 4) is 0 Å². The first kappa shape index (κ1) is 13.0. The van der Waals surface area contributed by atoms with Gasteiger partial charge in [-0.25, -0.2) is 4.79 Å². The number of rotatable bonds is 5. The number of carbonyl (C=O) groups excluding carboxylic acids is 1. The number of aliphatic hydroxyl groups excluding tert-OH is 2. The number of ether oxygens (including phenoxy) is 1. The van der Waals surface area contributed by atoms with Gasteiger partial charge in [0.05, 0.1) is 12.2 Å². The molecule has 5 heteroatoms. The molecule has 0 aliphatic carbocycles. The number of hydrogen-bond donors (Lipinski definition) is 2. The highest BCUT2D eigenvalue weighted by molar-refractivity contribution is 6.17. The second-order valence-corrected chi connectivity index (χ2v) is 3.53. The van der Waals surface area contributed by atoms with E-state index in [0.29, 0.717) is 11.4 Å². The monoisotopic (exact) mass is 244 g/mol. The summed E-state index contributed by atoms with van der Waals surface area (Å²) < 4.78 is 4.77. The smallest absolute Gasteiger partial charge is 0.338 e. The Bertz CT molecular complexity index is 336. The largest absolute Gasteiger partial charge is 0.459 e. The second kappa shape index (κ2) is 6.48. The van der Waals surface area contributed by atoms with Crippen LogP contribution in [0.1, 0.15) is 15.9 Å². The van der Waals surface area contributed by atoms with E-state index in [1.165, 1.54) is 0 Å². The van der Waals surface area contributed by atoms with E-state index in [0.717, 1.165) is 5.56 Å². The molecule has 1 rings (SSSR count). The third-order valence-electron chi connectivity index (χ3n) is 1.96. The van der Waals surface area contributed by atoms with Crippen LogP contribution in [0.4, 0.5) is 0 Å². The van der Waals surface area contributed by atoms with E-state index >= 15 is 0 Å². The molecule has 2 N–H and O–H groups in total. The van der Waals surface area contributed by atoms with E-state index in [2.05, 4.69) is 0 Å². The summed E-state index contributed by atoms with van der Waals surface area (Å²) in [4.78, 5) is 11.4. The topological polar surface area (TPSA) is 66.8 Å². The first-order valence-corrected chi connectivity index (χ1v) is 5.31. The molecule has 0 spiro atoms. The highest BCUT2D eigenvalue weighted by Crippen LogP contribution is 2.08.